The lowest BCUT2D eigenvalue weighted by molar-refractivity contribution is 0.0549. The zero-order chi connectivity index (χ0) is 27.4. The summed E-state index contributed by atoms with van der Waals surface area (Å²) in [6.45, 7) is -0.0191. The average molecular weight is 528 g/mol. The van der Waals surface area contributed by atoms with E-state index in [-0.39, 0.29) is 40.8 Å². The van der Waals surface area contributed by atoms with E-state index in [1.54, 1.807) is 42.5 Å². The summed E-state index contributed by atoms with van der Waals surface area (Å²) in [4.78, 5) is 29.9. The second kappa shape index (κ2) is 11.0. The van der Waals surface area contributed by atoms with Crippen molar-refractivity contribution in [2.75, 3.05) is 14.2 Å². The van der Waals surface area contributed by atoms with Gasteiger partial charge >= 0.3 is 11.9 Å². The molecule has 0 radical (unpaired) electrons. The number of rotatable bonds is 8. The Labute approximate surface area is 221 Å². The number of methoxy groups -OCH3 is 2. The molecule has 0 spiro atoms. The Morgan fingerprint density at radius 2 is 1.62 bits per heavy atom. The van der Waals surface area contributed by atoms with E-state index in [4.69, 9.17) is 18.7 Å². The van der Waals surface area contributed by atoms with Crippen molar-refractivity contribution in [2.45, 2.75) is 6.61 Å². The van der Waals surface area contributed by atoms with Gasteiger partial charge in [0.15, 0.2) is 12.3 Å². The molecule has 0 aliphatic rings. The second-order valence-corrected chi connectivity index (χ2v) is 8.11. The normalized spacial score (nSPS) is 10.7. The predicted octanol–water partition coefficient (Wildman–Crippen LogP) is 4.88. The first kappa shape index (κ1) is 25.3. The lowest BCUT2D eigenvalue weighted by atomic mass is 10.0. The molecule has 0 aliphatic carbocycles. The summed E-state index contributed by atoms with van der Waals surface area (Å²) >= 11 is 0. The Hall–Kier alpha value is -5.32. The Bertz CT molecular complexity index is 1630. The molecule has 0 aliphatic heterocycles. The SMILES string of the molecule is COC(=O)c1c(-c2ccc(F)c(-c3noc(COc4ccccc4)n3)c2)nn(-c2ccccc2)c1C(=O)OC. The summed E-state index contributed by atoms with van der Waals surface area (Å²) in [6.07, 6.45) is 0. The quantitative estimate of drug-likeness (QED) is 0.260. The monoisotopic (exact) mass is 528 g/mol. The molecule has 11 heteroatoms. The number of halogens is 1. The fourth-order valence-corrected chi connectivity index (χ4v) is 3.89. The van der Waals surface area contributed by atoms with Crippen LogP contribution in [0.1, 0.15) is 26.7 Å². The maximum Gasteiger partial charge on any atom is 0.357 e. The summed E-state index contributed by atoms with van der Waals surface area (Å²) < 4.78 is 37.0. The van der Waals surface area contributed by atoms with Crippen molar-refractivity contribution in [1.82, 2.24) is 19.9 Å². The Kier molecular flexibility index (Phi) is 7.13. The number of carbonyl (C=O) groups is 2. The van der Waals surface area contributed by atoms with Crippen LogP contribution >= 0.6 is 0 Å². The minimum Gasteiger partial charge on any atom is -0.484 e. The zero-order valence-electron chi connectivity index (χ0n) is 20.8. The highest BCUT2D eigenvalue weighted by atomic mass is 19.1. The van der Waals surface area contributed by atoms with E-state index >= 15 is 0 Å². The molecule has 0 amide bonds. The largest absolute Gasteiger partial charge is 0.484 e. The van der Waals surface area contributed by atoms with Crippen LogP contribution in [0.15, 0.2) is 83.4 Å². The van der Waals surface area contributed by atoms with Crippen LogP contribution in [0.25, 0.3) is 28.3 Å². The van der Waals surface area contributed by atoms with Crippen LogP contribution in [0.3, 0.4) is 0 Å². The number of nitrogens with zero attached hydrogens (tertiary/aromatic N) is 4. The molecule has 0 saturated carbocycles. The highest BCUT2D eigenvalue weighted by Gasteiger charge is 2.31. The molecule has 0 N–H and O–H groups in total. The van der Waals surface area contributed by atoms with E-state index < -0.39 is 17.8 Å². The molecule has 2 heterocycles. The molecule has 39 heavy (non-hydrogen) atoms. The minimum atomic E-state index is -0.821. The van der Waals surface area contributed by atoms with Crippen molar-refractivity contribution in [3.63, 3.8) is 0 Å². The summed E-state index contributed by atoms with van der Waals surface area (Å²) in [5.74, 6) is -1.55. The van der Waals surface area contributed by atoms with E-state index in [2.05, 4.69) is 15.2 Å². The van der Waals surface area contributed by atoms with Crippen LogP contribution in [0, 0.1) is 5.82 Å². The summed E-state index contributed by atoms with van der Waals surface area (Å²) in [7, 11) is 2.37. The highest BCUT2D eigenvalue weighted by molar-refractivity contribution is 6.07. The second-order valence-electron chi connectivity index (χ2n) is 8.11. The molecule has 0 fully saturated rings. The molecule has 10 nitrogen and oxygen atoms in total. The molecule has 2 aromatic heterocycles. The van der Waals surface area contributed by atoms with Crippen molar-refractivity contribution >= 4 is 11.9 Å². The van der Waals surface area contributed by atoms with E-state index in [9.17, 15) is 14.0 Å². The van der Waals surface area contributed by atoms with Gasteiger partial charge in [0.05, 0.1) is 25.5 Å². The first-order chi connectivity index (χ1) is 19.0. The third-order valence-corrected chi connectivity index (χ3v) is 5.71. The maximum atomic E-state index is 14.9. The van der Waals surface area contributed by atoms with Crippen LogP contribution in [-0.2, 0) is 16.1 Å². The van der Waals surface area contributed by atoms with Crippen LogP contribution < -0.4 is 4.74 Å². The van der Waals surface area contributed by atoms with Crippen molar-refractivity contribution in [3.05, 3.63) is 102 Å². The molecule has 196 valence electrons. The Morgan fingerprint density at radius 3 is 2.31 bits per heavy atom. The van der Waals surface area contributed by atoms with Gasteiger partial charge in [-0.1, -0.05) is 41.6 Å². The molecule has 0 unspecified atom stereocenters. The average Bonchev–Trinajstić information content (AvgIpc) is 3.62. The topological polar surface area (TPSA) is 119 Å². The van der Waals surface area contributed by atoms with Crippen molar-refractivity contribution in [3.8, 4) is 34.1 Å². The predicted molar refractivity (Wildman–Crippen MR) is 136 cm³/mol. The zero-order valence-corrected chi connectivity index (χ0v) is 20.8. The third kappa shape index (κ3) is 5.10. The number of carbonyl (C=O) groups excluding carboxylic acids is 2. The minimum absolute atomic E-state index is 0.00749. The lowest BCUT2D eigenvalue weighted by Gasteiger charge is -2.07. The molecule has 3 aromatic carbocycles. The Balaban J connectivity index is 1.57. The first-order valence-corrected chi connectivity index (χ1v) is 11.7. The lowest BCUT2D eigenvalue weighted by Crippen LogP contribution is -2.15. The van der Waals surface area contributed by atoms with Crippen molar-refractivity contribution in [2.24, 2.45) is 0 Å². The van der Waals surface area contributed by atoms with Crippen LogP contribution in [0.5, 0.6) is 5.75 Å². The van der Waals surface area contributed by atoms with Gasteiger partial charge in [-0.15, -0.1) is 0 Å². The molecule has 5 aromatic rings. The van der Waals surface area contributed by atoms with Crippen molar-refractivity contribution < 1.29 is 32.7 Å². The fraction of sp³-hybridized carbons (Fsp3) is 0.107. The van der Waals surface area contributed by atoms with Crippen LogP contribution in [-0.4, -0.2) is 46.1 Å². The van der Waals surface area contributed by atoms with E-state index in [1.165, 1.54) is 37.1 Å². The van der Waals surface area contributed by atoms with Gasteiger partial charge in [-0.05, 0) is 42.5 Å². The molecule has 0 atom stereocenters. The number of para-hydroxylation sites is 2. The first-order valence-electron chi connectivity index (χ1n) is 11.7. The van der Waals surface area contributed by atoms with Crippen LogP contribution in [0.4, 0.5) is 4.39 Å². The van der Waals surface area contributed by atoms with Gasteiger partial charge in [0, 0.05) is 5.56 Å². The smallest absolute Gasteiger partial charge is 0.357 e. The number of esters is 2. The van der Waals surface area contributed by atoms with Gasteiger partial charge < -0.3 is 18.7 Å². The highest BCUT2D eigenvalue weighted by Crippen LogP contribution is 2.32. The standard InChI is InChI=1S/C28H21FN4O6/c1-36-27(34)23-24(31-33(25(23)28(35)37-2)18-9-5-3-6-10-18)17-13-14-21(29)20(15-17)26-30-22(39-32-26)16-38-19-11-7-4-8-12-19/h3-15H,16H2,1-2H3. The molecule has 0 bridgehead atoms. The van der Waals surface area contributed by atoms with E-state index in [0.717, 1.165) is 0 Å². The number of hydrogen-bond acceptors (Lipinski definition) is 9. The van der Waals surface area contributed by atoms with Crippen molar-refractivity contribution in [1.29, 1.82) is 0 Å². The summed E-state index contributed by atoms with van der Waals surface area (Å²) in [5.41, 5.74) is 0.582. The maximum absolute atomic E-state index is 14.9. The molecular weight excluding hydrogens is 507 g/mol. The Morgan fingerprint density at radius 1 is 0.923 bits per heavy atom. The molecule has 0 saturated heterocycles. The number of aromatic nitrogens is 4. The fourth-order valence-electron chi connectivity index (χ4n) is 3.89. The van der Waals surface area contributed by atoms with Gasteiger partial charge in [0.25, 0.3) is 5.89 Å². The third-order valence-electron chi connectivity index (χ3n) is 5.71. The van der Waals surface area contributed by atoms with Gasteiger partial charge in [-0.25, -0.2) is 18.7 Å². The van der Waals surface area contributed by atoms with Gasteiger partial charge in [0.2, 0.25) is 5.82 Å². The number of benzene rings is 3. The van der Waals surface area contributed by atoms with E-state index in [0.29, 0.717) is 17.0 Å². The molecular formula is C28H21FN4O6. The molecule has 5 rings (SSSR count). The van der Waals surface area contributed by atoms with E-state index in [1.807, 2.05) is 18.2 Å². The van der Waals surface area contributed by atoms with Crippen LogP contribution in [0.2, 0.25) is 0 Å². The number of hydrogen-bond donors (Lipinski definition) is 0. The number of ether oxygens (including phenoxy) is 3. The summed E-state index contributed by atoms with van der Waals surface area (Å²) in [6, 6.07) is 21.8. The van der Waals surface area contributed by atoms with Gasteiger partial charge in [-0.2, -0.15) is 10.1 Å². The van der Waals surface area contributed by atoms with Gasteiger partial charge in [-0.3, -0.25) is 0 Å². The van der Waals surface area contributed by atoms with Gasteiger partial charge in [0.1, 0.15) is 22.8 Å². The summed E-state index contributed by atoms with van der Waals surface area (Å²) in [5, 5.41) is 8.41.